The van der Waals surface area contributed by atoms with E-state index < -0.39 is 0 Å². The molecule has 0 bridgehead atoms. The molecule has 0 radical (unpaired) electrons. The van der Waals surface area contributed by atoms with Crippen LogP contribution in [0.25, 0.3) is 11.3 Å². The van der Waals surface area contributed by atoms with Crippen molar-refractivity contribution < 1.29 is 9.15 Å². The van der Waals surface area contributed by atoms with Crippen LogP contribution in [0.1, 0.15) is 0 Å². The summed E-state index contributed by atoms with van der Waals surface area (Å²) in [6.45, 7) is 0. The molecule has 2 atom stereocenters. The van der Waals surface area contributed by atoms with Crippen molar-refractivity contribution >= 4 is 35.3 Å². The van der Waals surface area contributed by atoms with Crippen molar-refractivity contribution in [1.29, 1.82) is 0 Å². The van der Waals surface area contributed by atoms with Gasteiger partial charge in [-0.1, -0.05) is 36.0 Å². The monoisotopic (exact) mass is 356 g/mol. The van der Waals surface area contributed by atoms with E-state index in [1.807, 2.05) is 59.6 Å². The number of hydrogen-bond donors (Lipinski definition) is 0. The predicted molar refractivity (Wildman–Crippen MR) is 96.4 cm³/mol. The molecule has 2 aliphatic rings. The Morgan fingerprint density at radius 3 is 2.57 bits per heavy atom. The number of thioether (sulfide) groups is 3. The van der Waals surface area contributed by atoms with E-state index in [2.05, 4.69) is 30.3 Å². The molecule has 0 N–H and O–H groups in total. The first kappa shape index (κ1) is 14.0. The van der Waals surface area contributed by atoms with Crippen molar-refractivity contribution in [1.82, 2.24) is 0 Å². The van der Waals surface area contributed by atoms with Crippen molar-refractivity contribution in [2.45, 2.75) is 24.7 Å². The second kappa shape index (κ2) is 5.58. The minimum absolute atomic E-state index is 0.138. The highest BCUT2D eigenvalue weighted by Gasteiger charge is 2.37. The van der Waals surface area contributed by atoms with Crippen molar-refractivity contribution in [3.05, 3.63) is 60.9 Å². The molecule has 0 aliphatic carbocycles. The number of furan rings is 1. The summed E-state index contributed by atoms with van der Waals surface area (Å²) in [5, 5.41) is 0. The summed E-state index contributed by atoms with van der Waals surface area (Å²) in [5.74, 6) is 1.93. The molecule has 0 spiro atoms. The van der Waals surface area contributed by atoms with Crippen LogP contribution in [-0.2, 0) is 0 Å². The van der Waals surface area contributed by atoms with Crippen LogP contribution in [-0.4, -0.2) is 10.0 Å². The van der Waals surface area contributed by atoms with Gasteiger partial charge in [0.1, 0.15) is 16.1 Å². The number of hydrogen-bond acceptors (Lipinski definition) is 5. The van der Waals surface area contributed by atoms with Crippen LogP contribution in [0.3, 0.4) is 0 Å². The van der Waals surface area contributed by atoms with Crippen molar-refractivity contribution in [2.24, 2.45) is 0 Å². The van der Waals surface area contributed by atoms with E-state index in [-0.39, 0.29) is 5.44 Å². The molecule has 0 amide bonds. The third-order valence-electron chi connectivity index (χ3n) is 3.80. The second-order valence-electron chi connectivity index (χ2n) is 5.27. The highest BCUT2D eigenvalue weighted by atomic mass is 32.2. The lowest BCUT2D eigenvalue weighted by Crippen LogP contribution is -2.17. The third kappa shape index (κ3) is 2.38. The van der Waals surface area contributed by atoms with E-state index in [0.717, 1.165) is 11.5 Å². The molecule has 1 aromatic heterocycles. The van der Waals surface area contributed by atoms with Crippen molar-refractivity contribution in [2.75, 3.05) is 0 Å². The van der Waals surface area contributed by atoms with Crippen LogP contribution < -0.4 is 4.74 Å². The lowest BCUT2D eigenvalue weighted by atomic mass is 10.2. The zero-order chi connectivity index (χ0) is 15.2. The van der Waals surface area contributed by atoms with E-state index in [4.69, 9.17) is 9.15 Å². The van der Waals surface area contributed by atoms with Crippen molar-refractivity contribution in [3.63, 3.8) is 0 Å². The molecule has 2 aromatic carbocycles. The zero-order valence-electron chi connectivity index (χ0n) is 12.0. The zero-order valence-corrected chi connectivity index (χ0v) is 14.4. The molecule has 3 heterocycles. The largest absolute Gasteiger partial charge is 0.476 e. The minimum atomic E-state index is 0.138. The van der Waals surface area contributed by atoms with Gasteiger partial charge in [0.2, 0.25) is 0 Å². The summed E-state index contributed by atoms with van der Waals surface area (Å²) in [6, 6.07) is 18.6. The first-order chi connectivity index (χ1) is 11.4. The van der Waals surface area contributed by atoms with Gasteiger partial charge in [-0.2, -0.15) is 0 Å². The molecule has 23 heavy (non-hydrogen) atoms. The van der Waals surface area contributed by atoms with E-state index in [9.17, 15) is 0 Å². The fourth-order valence-corrected chi connectivity index (χ4v) is 7.08. The van der Waals surface area contributed by atoms with E-state index in [1.165, 1.54) is 20.2 Å². The number of rotatable bonds is 2. The summed E-state index contributed by atoms with van der Waals surface area (Å²) in [5.41, 5.74) is 1.31. The van der Waals surface area contributed by atoms with Crippen LogP contribution in [0.5, 0.6) is 5.75 Å². The Kier molecular flexibility index (Phi) is 3.39. The van der Waals surface area contributed by atoms with Gasteiger partial charge >= 0.3 is 0 Å². The van der Waals surface area contributed by atoms with Crippen LogP contribution >= 0.6 is 35.3 Å². The van der Waals surface area contributed by atoms with Crippen LogP contribution in [0, 0.1) is 0 Å². The van der Waals surface area contributed by atoms with Gasteiger partial charge in [-0.15, -0.1) is 23.5 Å². The summed E-state index contributed by atoms with van der Waals surface area (Å²) >= 11 is 5.60. The molecule has 0 saturated carbocycles. The Morgan fingerprint density at radius 2 is 1.70 bits per heavy atom. The van der Waals surface area contributed by atoms with Gasteiger partial charge < -0.3 is 9.15 Å². The molecular weight excluding hydrogens is 344 g/mol. The van der Waals surface area contributed by atoms with Gasteiger partial charge in [0.25, 0.3) is 0 Å². The fourth-order valence-electron chi connectivity index (χ4n) is 2.76. The Morgan fingerprint density at radius 1 is 0.783 bits per heavy atom. The first-order valence-electron chi connectivity index (χ1n) is 7.31. The Labute approximate surface area is 147 Å². The average molecular weight is 356 g/mol. The Bertz CT molecular complexity index is 835. The third-order valence-corrected chi connectivity index (χ3v) is 8.27. The first-order valence-corrected chi connectivity index (χ1v) is 9.95. The van der Waals surface area contributed by atoms with Crippen LogP contribution in [0.15, 0.2) is 80.0 Å². The van der Waals surface area contributed by atoms with Crippen molar-refractivity contribution in [3.8, 4) is 17.1 Å². The number of benzene rings is 2. The lowest BCUT2D eigenvalue weighted by molar-refractivity contribution is 0.312. The maximum atomic E-state index is 6.15. The van der Waals surface area contributed by atoms with Gasteiger partial charge in [-0.05, 0) is 30.3 Å². The quantitative estimate of drug-likeness (QED) is 0.562. The highest BCUT2D eigenvalue weighted by Crippen LogP contribution is 2.57. The summed E-state index contributed by atoms with van der Waals surface area (Å²) in [6.07, 6.45) is 1.73. The standard InChI is InChI=1S/C18H12O2S3/c1-2-8-14-13(6-1)20-17(21-14)18-22-15-9-3-5-11(16(15)23-18)12-7-4-10-19-12/h1-10,17-18H. The maximum absolute atomic E-state index is 6.15. The van der Waals surface area contributed by atoms with Gasteiger partial charge in [0.15, 0.2) is 5.44 Å². The highest BCUT2D eigenvalue weighted by molar-refractivity contribution is 8.20. The van der Waals surface area contributed by atoms with E-state index in [1.54, 1.807) is 6.26 Å². The lowest BCUT2D eigenvalue weighted by Gasteiger charge is -2.15. The molecule has 2 unspecified atom stereocenters. The Balaban J connectivity index is 1.44. The van der Waals surface area contributed by atoms with E-state index in [0.29, 0.717) is 4.58 Å². The Hall–Kier alpha value is -1.43. The van der Waals surface area contributed by atoms with Gasteiger partial charge in [0.05, 0.1) is 11.2 Å². The van der Waals surface area contributed by atoms with E-state index >= 15 is 0 Å². The second-order valence-corrected chi connectivity index (χ2v) is 9.04. The molecule has 5 rings (SSSR count). The van der Waals surface area contributed by atoms with Crippen LogP contribution in [0.2, 0.25) is 0 Å². The molecule has 2 nitrogen and oxygen atoms in total. The normalized spacial score (nSPS) is 21.7. The molecule has 5 heteroatoms. The van der Waals surface area contributed by atoms with Gasteiger partial charge in [-0.3, -0.25) is 0 Å². The number of para-hydroxylation sites is 1. The topological polar surface area (TPSA) is 22.4 Å². The van der Waals surface area contributed by atoms with Gasteiger partial charge in [0, 0.05) is 15.4 Å². The molecule has 114 valence electrons. The molecule has 2 aliphatic heterocycles. The number of fused-ring (bicyclic) bond motifs is 2. The maximum Gasteiger partial charge on any atom is 0.170 e. The van der Waals surface area contributed by atoms with Gasteiger partial charge in [-0.25, -0.2) is 0 Å². The molecule has 0 saturated heterocycles. The smallest absolute Gasteiger partial charge is 0.170 e. The average Bonchev–Trinajstić information content (AvgIpc) is 3.31. The SMILES string of the molecule is c1coc(-c2cccc3c2SC(C2Oc4ccccc4S2)S3)c1. The molecule has 0 fully saturated rings. The summed E-state index contributed by atoms with van der Waals surface area (Å²) in [7, 11) is 0. The summed E-state index contributed by atoms with van der Waals surface area (Å²) < 4.78 is 12.1. The molecular formula is C18H12O2S3. The summed E-state index contributed by atoms with van der Waals surface area (Å²) in [4.78, 5) is 3.85. The minimum Gasteiger partial charge on any atom is -0.476 e. The molecule has 3 aromatic rings. The fraction of sp³-hybridized carbons (Fsp3) is 0.111. The number of ether oxygens (including phenoxy) is 1. The predicted octanol–water partition coefficient (Wildman–Crippen LogP) is 5.98. The van der Waals surface area contributed by atoms with Crippen LogP contribution in [0.4, 0.5) is 0 Å².